The summed E-state index contributed by atoms with van der Waals surface area (Å²) >= 11 is 9.40. The van der Waals surface area contributed by atoms with Crippen LogP contribution in [0.1, 0.15) is 11.1 Å². The summed E-state index contributed by atoms with van der Waals surface area (Å²) in [5.74, 6) is -1.04. The van der Waals surface area contributed by atoms with Crippen LogP contribution in [0, 0.1) is 6.92 Å². The molecule has 3 aromatic rings. The van der Waals surface area contributed by atoms with E-state index in [9.17, 15) is 14.4 Å². The first kappa shape index (κ1) is 30.2. The summed E-state index contributed by atoms with van der Waals surface area (Å²) in [6.07, 6.45) is 2.94. The smallest absolute Gasteiger partial charge is 0.329 e. The van der Waals surface area contributed by atoms with E-state index in [0.717, 1.165) is 5.56 Å². The summed E-state index contributed by atoms with van der Waals surface area (Å²) in [4.78, 5) is 36.7. The molecule has 0 spiro atoms. The molecule has 12 heteroatoms. The van der Waals surface area contributed by atoms with Gasteiger partial charge in [-0.3, -0.25) is 14.4 Å². The van der Waals surface area contributed by atoms with E-state index < -0.39 is 11.8 Å². The predicted octanol–water partition coefficient (Wildman–Crippen LogP) is 5.09. The standard InChI is InChI=1S/C28H26BrClN4O6/c1-4-11-39-21-9-7-20(8-10-21)32-27(36)28(37)34-31-15-18-12-22(29)26(24(13-18)38-3)40-16-25(35)33-23-14-19(30)6-5-17(23)2/h4-10,12-15H,1,11,16H2,2-3H3,(H,32,36)(H,33,35)(H,34,37)/b31-15-. The van der Waals surface area contributed by atoms with Crippen molar-refractivity contribution in [1.29, 1.82) is 0 Å². The van der Waals surface area contributed by atoms with Crippen molar-refractivity contribution in [2.24, 2.45) is 5.10 Å². The Morgan fingerprint density at radius 1 is 1.02 bits per heavy atom. The fourth-order valence-corrected chi connectivity index (χ4v) is 3.95. The van der Waals surface area contributed by atoms with Crippen LogP contribution in [0.5, 0.6) is 17.2 Å². The number of amides is 3. The highest BCUT2D eigenvalue weighted by atomic mass is 79.9. The van der Waals surface area contributed by atoms with Crippen LogP contribution in [0.15, 0.2) is 76.8 Å². The average molecular weight is 630 g/mol. The molecule has 0 aliphatic carbocycles. The SMILES string of the molecule is C=CCOc1ccc(NC(=O)C(=O)N/N=C\c2cc(Br)c(OCC(=O)Nc3cc(Cl)ccc3C)c(OC)c2)cc1. The molecule has 208 valence electrons. The highest BCUT2D eigenvalue weighted by molar-refractivity contribution is 9.10. The van der Waals surface area contributed by atoms with Gasteiger partial charge in [0.05, 0.1) is 17.8 Å². The summed E-state index contributed by atoms with van der Waals surface area (Å²) in [5, 5.41) is 9.55. The molecule has 0 aliphatic heterocycles. The molecule has 0 aromatic heterocycles. The minimum absolute atomic E-state index is 0.288. The van der Waals surface area contributed by atoms with Gasteiger partial charge in [-0.15, -0.1) is 0 Å². The fraction of sp³-hybridized carbons (Fsp3) is 0.143. The molecule has 10 nitrogen and oxygen atoms in total. The number of aryl methyl sites for hydroxylation is 1. The zero-order valence-corrected chi connectivity index (χ0v) is 24.0. The van der Waals surface area contributed by atoms with Crippen LogP contribution in [0.2, 0.25) is 5.02 Å². The summed E-state index contributed by atoms with van der Waals surface area (Å²) in [6.45, 7) is 5.49. The number of hydrogen-bond donors (Lipinski definition) is 3. The molecule has 3 aromatic carbocycles. The number of nitrogens with one attached hydrogen (secondary N) is 3. The number of hydrogen-bond acceptors (Lipinski definition) is 7. The van der Waals surface area contributed by atoms with Crippen molar-refractivity contribution < 1.29 is 28.6 Å². The zero-order chi connectivity index (χ0) is 29.1. The third-order valence-electron chi connectivity index (χ3n) is 5.14. The van der Waals surface area contributed by atoms with E-state index in [4.69, 9.17) is 25.8 Å². The van der Waals surface area contributed by atoms with Crippen LogP contribution in [-0.2, 0) is 14.4 Å². The van der Waals surface area contributed by atoms with Crippen molar-refractivity contribution in [3.63, 3.8) is 0 Å². The summed E-state index contributed by atoms with van der Waals surface area (Å²) in [6, 6.07) is 14.9. The fourth-order valence-electron chi connectivity index (χ4n) is 3.20. The van der Waals surface area contributed by atoms with Crippen molar-refractivity contribution in [1.82, 2.24) is 5.43 Å². The first-order chi connectivity index (χ1) is 19.2. The number of hydrazone groups is 1. The second kappa shape index (κ2) is 14.7. The Labute approximate surface area is 244 Å². The lowest BCUT2D eigenvalue weighted by molar-refractivity contribution is -0.136. The minimum atomic E-state index is -0.963. The molecule has 0 aliphatic rings. The van der Waals surface area contributed by atoms with Crippen molar-refractivity contribution in [3.8, 4) is 17.2 Å². The van der Waals surface area contributed by atoms with Crippen molar-refractivity contribution >= 4 is 62.8 Å². The molecule has 0 radical (unpaired) electrons. The number of methoxy groups -OCH3 is 1. The Balaban J connectivity index is 1.56. The third-order valence-corrected chi connectivity index (χ3v) is 5.96. The van der Waals surface area contributed by atoms with Gasteiger partial charge in [-0.05, 0) is 82.5 Å². The van der Waals surface area contributed by atoms with Crippen LogP contribution in [-0.4, -0.2) is 44.3 Å². The quantitative estimate of drug-likeness (QED) is 0.117. The number of benzene rings is 3. The predicted molar refractivity (Wildman–Crippen MR) is 158 cm³/mol. The van der Waals surface area contributed by atoms with Gasteiger partial charge in [0.1, 0.15) is 12.4 Å². The van der Waals surface area contributed by atoms with Gasteiger partial charge in [-0.25, -0.2) is 5.43 Å². The highest BCUT2D eigenvalue weighted by Crippen LogP contribution is 2.36. The molecular formula is C28H26BrClN4O6. The second-order valence-corrected chi connectivity index (χ2v) is 9.40. The van der Waals surface area contributed by atoms with Crippen molar-refractivity contribution in [3.05, 3.63) is 87.9 Å². The van der Waals surface area contributed by atoms with E-state index in [1.807, 2.05) is 6.92 Å². The van der Waals surface area contributed by atoms with Crippen LogP contribution in [0.4, 0.5) is 11.4 Å². The van der Waals surface area contributed by atoms with Gasteiger partial charge in [0.25, 0.3) is 5.91 Å². The Morgan fingerprint density at radius 3 is 2.48 bits per heavy atom. The second-order valence-electron chi connectivity index (χ2n) is 8.11. The molecule has 3 amide bonds. The maximum atomic E-state index is 12.4. The normalized spacial score (nSPS) is 10.5. The number of ether oxygens (including phenoxy) is 3. The molecule has 3 rings (SSSR count). The van der Waals surface area contributed by atoms with Gasteiger partial charge in [0.15, 0.2) is 18.1 Å². The number of halogens is 2. The zero-order valence-electron chi connectivity index (χ0n) is 21.6. The van der Waals surface area contributed by atoms with E-state index in [1.54, 1.807) is 60.7 Å². The average Bonchev–Trinajstić information content (AvgIpc) is 2.93. The molecular weight excluding hydrogens is 604 g/mol. The van der Waals surface area contributed by atoms with Gasteiger partial charge < -0.3 is 24.8 Å². The molecule has 0 unspecified atom stereocenters. The Kier molecular flexibility index (Phi) is 11.1. The van der Waals surface area contributed by atoms with Gasteiger partial charge in [-0.1, -0.05) is 30.3 Å². The van der Waals surface area contributed by atoms with Crippen LogP contribution < -0.4 is 30.3 Å². The van der Waals surface area contributed by atoms with Gasteiger partial charge in [-0.2, -0.15) is 5.10 Å². The van der Waals surface area contributed by atoms with Gasteiger partial charge in [0.2, 0.25) is 0 Å². The lowest BCUT2D eigenvalue weighted by Crippen LogP contribution is -2.32. The first-order valence-corrected chi connectivity index (χ1v) is 12.9. The van der Waals surface area contributed by atoms with Gasteiger partial charge in [0, 0.05) is 16.4 Å². The van der Waals surface area contributed by atoms with Crippen molar-refractivity contribution in [2.75, 3.05) is 31.0 Å². The van der Waals surface area contributed by atoms with Crippen molar-refractivity contribution in [2.45, 2.75) is 6.92 Å². The van der Waals surface area contributed by atoms with E-state index in [2.05, 4.69) is 43.7 Å². The number of carbonyl (C=O) groups is 3. The van der Waals surface area contributed by atoms with E-state index in [0.29, 0.717) is 50.3 Å². The monoisotopic (exact) mass is 628 g/mol. The van der Waals surface area contributed by atoms with E-state index in [1.165, 1.54) is 13.3 Å². The Bertz CT molecular complexity index is 1430. The number of rotatable bonds is 11. The minimum Gasteiger partial charge on any atom is -0.493 e. The molecule has 0 saturated heterocycles. The summed E-state index contributed by atoms with van der Waals surface area (Å²) in [5.41, 5.74) is 4.54. The maximum Gasteiger partial charge on any atom is 0.329 e. The maximum absolute atomic E-state index is 12.4. The third kappa shape index (κ3) is 8.85. The van der Waals surface area contributed by atoms with Gasteiger partial charge >= 0.3 is 11.8 Å². The number of carbonyl (C=O) groups excluding carboxylic acids is 3. The largest absolute Gasteiger partial charge is 0.493 e. The van der Waals surface area contributed by atoms with Crippen LogP contribution in [0.3, 0.4) is 0 Å². The molecule has 3 N–H and O–H groups in total. The van der Waals surface area contributed by atoms with E-state index >= 15 is 0 Å². The topological polar surface area (TPSA) is 127 Å². The molecule has 0 heterocycles. The molecule has 0 fully saturated rings. The molecule has 0 saturated carbocycles. The van der Waals surface area contributed by atoms with Crippen LogP contribution in [0.25, 0.3) is 0 Å². The Hall–Kier alpha value is -4.35. The lowest BCUT2D eigenvalue weighted by Gasteiger charge is -2.14. The number of nitrogens with zero attached hydrogens (tertiary/aromatic N) is 1. The Morgan fingerprint density at radius 2 is 1.77 bits per heavy atom. The molecule has 40 heavy (non-hydrogen) atoms. The van der Waals surface area contributed by atoms with E-state index in [-0.39, 0.29) is 12.5 Å². The van der Waals surface area contributed by atoms with Crippen LogP contribution >= 0.6 is 27.5 Å². The summed E-state index contributed by atoms with van der Waals surface area (Å²) < 4.78 is 16.9. The lowest BCUT2D eigenvalue weighted by atomic mass is 10.2. The highest BCUT2D eigenvalue weighted by Gasteiger charge is 2.15. The number of anilines is 2. The summed E-state index contributed by atoms with van der Waals surface area (Å²) in [7, 11) is 1.44. The first-order valence-electron chi connectivity index (χ1n) is 11.7. The molecule has 0 atom stereocenters. The molecule has 0 bridgehead atoms.